The van der Waals surface area contributed by atoms with Gasteiger partial charge in [0.25, 0.3) is 0 Å². The lowest BCUT2D eigenvalue weighted by Gasteiger charge is -2.09. The molecule has 0 aliphatic carbocycles. The molecule has 0 unspecified atom stereocenters. The van der Waals surface area contributed by atoms with Gasteiger partial charge >= 0.3 is 0 Å². The fourth-order valence-electron chi connectivity index (χ4n) is 2.52. The number of benzene rings is 2. The average molecular weight is 359 g/mol. The molecule has 0 bridgehead atoms. The van der Waals surface area contributed by atoms with E-state index in [4.69, 9.17) is 17.4 Å². The Bertz CT molecular complexity index is 889. The van der Waals surface area contributed by atoms with Crippen molar-refractivity contribution in [1.82, 2.24) is 14.9 Å². The maximum absolute atomic E-state index is 6.22. The summed E-state index contributed by atoms with van der Waals surface area (Å²) in [5, 5.41) is 9.68. The lowest BCUT2D eigenvalue weighted by atomic mass is 10.0. The van der Waals surface area contributed by atoms with Crippen LogP contribution >= 0.6 is 23.4 Å². The minimum Gasteiger partial charge on any atom is -0.335 e. The molecule has 4 nitrogen and oxygen atoms in total. The fraction of sp³-hybridized carbons (Fsp3) is 0.222. The molecule has 0 spiro atoms. The molecule has 0 fully saturated rings. The lowest BCUT2D eigenvalue weighted by molar-refractivity contribution is 0.849. The van der Waals surface area contributed by atoms with Crippen LogP contribution in [0.15, 0.2) is 41.6 Å². The van der Waals surface area contributed by atoms with E-state index in [1.54, 1.807) is 11.8 Å². The third-order valence-corrected chi connectivity index (χ3v) is 5.41. The maximum atomic E-state index is 6.22. The number of rotatable bonds is 4. The van der Waals surface area contributed by atoms with Crippen LogP contribution in [0.3, 0.4) is 0 Å². The van der Waals surface area contributed by atoms with Crippen LogP contribution in [0.4, 0.5) is 0 Å². The van der Waals surface area contributed by atoms with E-state index in [1.807, 2.05) is 24.3 Å². The number of hydrogen-bond donors (Lipinski definition) is 1. The minimum atomic E-state index is 0.569. The Morgan fingerprint density at radius 2 is 1.75 bits per heavy atom. The summed E-state index contributed by atoms with van der Waals surface area (Å²) in [5.41, 5.74) is 5.94. The number of aromatic nitrogens is 3. The van der Waals surface area contributed by atoms with Crippen molar-refractivity contribution in [3.05, 3.63) is 63.7 Å². The number of halogens is 1. The summed E-state index contributed by atoms with van der Waals surface area (Å²) in [5.74, 6) is 7.54. The summed E-state index contributed by atoms with van der Waals surface area (Å²) in [6.45, 7) is 6.39. The zero-order chi connectivity index (χ0) is 17.3. The molecule has 0 aliphatic heterocycles. The van der Waals surface area contributed by atoms with Gasteiger partial charge in [0.15, 0.2) is 5.82 Å². The lowest BCUT2D eigenvalue weighted by Crippen LogP contribution is -2.11. The SMILES string of the molecule is Cc1cc(C)c(CSc2nnc(-c3ccccc3Cl)n2N)cc1C. The first kappa shape index (κ1) is 16.9. The van der Waals surface area contributed by atoms with E-state index >= 15 is 0 Å². The van der Waals surface area contributed by atoms with Gasteiger partial charge in [-0.15, -0.1) is 10.2 Å². The van der Waals surface area contributed by atoms with Crippen LogP contribution in [0, 0.1) is 20.8 Å². The van der Waals surface area contributed by atoms with Crippen LogP contribution in [-0.2, 0) is 5.75 Å². The highest BCUT2D eigenvalue weighted by Gasteiger charge is 2.15. The van der Waals surface area contributed by atoms with Gasteiger partial charge in [0.2, 0.25) is 5.16 Å². The van der Waals surface area contributed by atoms with Crippen molar-refractivity contribution in [3.8, 4) is 11.4 Å². The Labute approximate surface area is 151 Å². The van der Waals surface area contributed by atoms with Crippen LogP contribution in [0.1, 0.15) is 22.3 Å². The Kier molecular flexibility index (Phi) is 4.83. The standard InChI is InChI=1S/C18H19ClN4S/c1-11-8-13(3)14(9-12(11)2)10-24-18-22-21-17(23(18)20)15-6-4-5-7-16(15)19/h4-9H,10,20H2,1-3H3. The van der Waals surface area contributed by atoms with Gasteiger partial charge < -0.3 is 5.84 Å². The second kappa shape index (κ2) is 6.87. The topological polar surface area (TPSA) is 56.7 Å². The molecule has 2 N–H and O–H groups in total. The monoisotopic (exact) mass is 358 g/mol. The van der Waals surface area contributed by atoms with Gasteiger partial charge in [-0.25, -0.2) is 4.68 Å². The summed E-state index contributed by atoms with van der Waals surface area (Å²) < 4.78 is 1.50. The highest BCUT2D eigenvalue weighted by molar-refractivity contribution is 7.98. The number of nitrogens with two attached hydrogens (primary N) is 1. The van der Waals surface area contributed by atoms with E-state index in [9.17, 15) is 0 Å². The molecule has 24 heavy (non-hydrogen) atoms. The zero-order valence-electron chi connectivity index (χ0n) is 13.9. The van der Waals surface area contributed by atoms with Crippen molar-refractivity contribution in [2.45, 2.75) is 31.7 Å². The summed E-state index contributed by atoms with van der Waals surface area (Å²) in [6.07, 6.45) is 0. The first-order valence-electron chi connectivity index (χ1n) is 7.62. The van der Waals surface area contributed by atoms with E-state index in [1.165, 1.54) is 26.9 Å². The van der Waals surface area contributed by atoms with Gasteiger partial charge in [-0.1, -0.05) is 47.6 Å². The van der Waals surface area contributed by atoms with Crippen LogP contribution in [0.25, 0.3) is 11.4 Å². The number of nitrogens with zero attached hydrogens (tertiary/aromatic N) is 3. The van der Waals surface area contributed by atoms with Crippen molar-refractivity contribution in [3.63, 3.8) is 0 Å². The Morgan fingerprint density at radius 1 is 1.04 bits per heavy atom. The van der Waals surface area contributed by atoms with E-state index in [-0.39, 0.29) is 0 Å². The maximum Gasteiger partial charge on any atom is 0.210 e. The second-order valence-corrected chi connectivity index (χ2v) is 7.16. The van der Waals surface area contributed by atoms with E-state index in [0.29, 0.717) is 16.0 Å². The molecule has 2 aromatic carbocycles. The Hall–Kier alpha value is -1.98. The largest absolute Gasteiger partial charge is 0.335 e. The number of aryl methyl sites for hydroxylation is 3. The Morgan fingerprint density at radius 3 is 2.50 bits per heavy atom. The van der Waals surface area contributed by atoms with Gasteiger partial charge in [0, 0.05) is 11.3 Å². The molecule has 0 amide bonds. The fourth-order valence-corrected chi connectivity index (χ4v) is 3.66. The predicted molar refractivity (Wildman–Crippen MR) is 101 cm³/mol. The molecule has 0 radical (unpaired) electrons. The number of thioether (sulfide) groups is 1. The predicted octanol–water partition coefficient (Wildman–Crippen LogP) is 4.53. The third-order valence-electron chi connectivity index (χ3n) is 4.09. The normalized spacial score (nSPS) is 11.0. The first-order valence-corrected chi connectivity index (χ1v) is 8.98. The molecular formula is C18H19ClN4S. The van der Waals surface area contributed by atoms with Crippen LogP contribution < -0.4 is 5.84 Å². The molecule has 0 saturated heterocycles. The molecule has 6 heteroatoms. The highest BCUT2D eigenvalue weighted by Crippen LogP contribution is 2.29. The smallest absolute Gasteiger partial charge is 0.210 e. The van der Waals surface area contributed by atoms with Crippen molar-refractivity contribution >= 4 is 23.4 Å². The number of nitrogen functional groups attached to an aromatic ring is 1. The average Bonchev–Trinajstić information content (AvgIpc) is 2.91. The molecule has 0 atom stereocenters. The summed E-state index contributed by atoms with van der Waals surface area (Å²) in [4.78, 5) is 0. The van der Waals surface area contributed by atoms with E-state index in [0.717, 1.165) is 11.3 Å². The molecule has 1 aromatic heterocycles. The van der Waals surface area contributed by atoms with Gasteiger partial charge in [-0.05, 0) is 55.2 Å². The minimum absolute atomic E-state index is 0.569. The molecule has 0 aliphatic rings. The summed E-state index contributed by atoms with van der Waals surface area (Å²) in [7, 11) is 0. The van der Waals surface area contributed by atoms with Crippen LogP contribution in [-0.4, -0.2) is 14.9 Å². The second-order valence-electron chi connectivity index (χ2n) is 5.81. The van der Waals surface area contributed by atoms with Gasteiger partial charge in [0.1, 0.15) is 0 Å². The molecule has 3 aromatic rings. The van der Waals surface area contributed by atoms with Crippen molar-refractivity contribution in [1.29, 1.82) is 0 Å². The van der Waals surface area contributed by atoms with Gasteiger partial charge in [-0.3, -0.25) is 0 Å². The van der Waals surface area contributed by atoms with Crippen molar-refractivity contribution in [2.24, 2.45) is 0 Å². The quantitative estimate of drug-likeness (QED) is 0.550. The summed E-state index contributed by atoms with van der Waals surface area (Å²) in [6, 6.07) is 11.9. The van der Waals surface area contributed by atoms with Gasteiger partial charge in [0.05, 0.1) is 5.02 Å². The first-order chi connectivity index (χ1) is 11.5. The summed E-state index contributed by atoms with van der Waals surface area (Å²) >= 11 is 7.79. The van der Waals surface area contributed by atoms with Crippen molar-refractivity contribution < 1.29 is 0 Å². The van der Waals surface area contributed by atoms with Crippen LogP contribution in [0.2, 0.25) is 5.02 Å². The third kappa shape index (κ3) is 3.28. The number of hydrogen-bond acceptors (Lipinski definition) is 4. The van der Waals surface area contributed by atoms with Gasteiger partial charge in [-0.2, -0.15) is 0 Å². The van der Waals surface area contributed by atoms with E-state index < -0.39 is 0 Å². The highest BCUT2D eigenvalue weighted by atomic mass is 35.5. The zero-order valence-corrected chi connectivity index (χ0v) is 15.4. The Balaban J connectivity index is 1.83. The van der Waals surface area contributed by atoms with E-state index in [2.05, 4.69) is 43.1 Å². The molecule has 3 rings (SSSR count). The molecule has 0 saturated carbocycles. The molecule has 124 valence electrons. The van der Waals surface area contributed by atoms with Crippen LogP contribution in [0.5, 0.6) is 0 Å². The molecule has 1 heterocycles. The molecular weight excluding hydrogens is 340 g/mol. The van der Waals surface area contributed by atoms with Crippen molar-refractivity contribution in [2.75, 3.05) is 5.84 Å².